The first-order valence-corrected chi connectivity index (χ1v) is 8.16. The van der Waals surface area contributed by atoms with Crippen molar-refractivity contribution >= 4 is 23.2 Å². The fourth-order valence-corrected chi connectivity index (χ4v) is 3.50. The van der Waals surface area contributed by atoms with E-state index in [-0.39, 0.29) is 18.4 Å². The molecule has 1 aliphatic rings. The highest BCUT2D eigenvalue weighted by molar-refractivity contribution is 7.10. The first-order valence-electron chi connectivity index (χ1n) is 7.29. The van der Waals surface area contributed by atoms with Crippen LogP contribution in [-0.4, -0.2) is 55.0 Å². The van der Waals surface area contributed by atoms with Crippen LogP contribution < -0.4 is 0 Å². The van der Waals surface area contributed by atoms with Crippen molar-refractivity contribution in [2.24, 2.45) is 0 Å². The maximum Gasteiger partial charge on any atom is 0.325 e. The largest absolute Gasteiger partial charge is 0.465 e. The Kier molecular flexibility index (Phi) is 5.76. The topological polar surface area (TPSA) is 49.9 Å². The number of likely N-dealkylation sites (N-methyl/N-ethyl adjacent to an activating group) is 1. The van der Waals surface area contributed by atoms with Gasteiger partial charge in [-0.05, 0) is 37.8 Å². The van der Waals surface area contributed by atoms with Gasteiger partial charge in [-0.3, -0.25) is 14.5 Å². The minimum Gasteiger partial charge on any atom is -0.465 e. The van der Waals surface area contributed by atoms with Gasteiger partial charge in [-0.2, -0.15) is 0 Å². The minimum atomic E-state index is -0.357. The van der Waals surface area contributed by atoms with E-state index in [1.165, 1.54) is 9.78 Å². The first-order chi connectivity index (χ1) is 10.1. The van der Waals surface area contributed by atoms with Gasteiger partial charge >= 0.3 is 5.97 Å². The van der Waals surface area contributed by atoms with E-state index in [4.69, 9.17) is 4.74 Å². The number of carbonyl (C=O) groups is 2. The Labute approximate surface area is 129 Å². The Morgan fingerprint density at radius 2 is 2.33 bits per heavy atom. The van der Waals surface area contributed by atoms with Gasteiger partial charge in [-0.15, -0.1) is 11.3 Å². The number of hydrogen-bond acceptors (Lipinski definition) is 5. The van der Waals surface area contributed by atoms with Crippen molar-refractivity contribution in [2.75, 3.05) is 33.3 Å². The summed E-state index contributed by atoms with van der Waals surface area (Å²) in [6.45, 7) is 3.41. The lowest BCUT2D eigenvalue weighted by molar-refractivity contribution is -0.148. The predicted molar refractivity (Wildman–Crippen MR) is 82.1 cm³/mol. The fraction of sp³-hybridized carbons (Fsp3) is 0.600. The van der Waals surface area contributed by atoms with Crippen LogP contribution in [0.15, 0.2) is 17.5 Å². The second-order valence-electron chi connectivity index (χ2n) is 5.20. The van der Waals surface area contributed by atoms with Gasteiger partial charge in [0.15, 0.2) is 0 Å². The van der Waals surface area contributed by atoms with Crippen LogP contribution in [0.25, 0.3) is 0 Å². The highest BCUT2D eigenvalue weighted by Gasteiger charge is 2.29. The number of ether oxygens (including phenoxy) is 1. The number of nitrogens with zero attached hydrogens (tertiary/aromatic N) is 2. The van der Waals surface area contributed by atoms with Crippen molar-refractivity contribution < 1.29 is 14.3 Å². The molecular weight excluding hydrogens is 288 g/mol. The molecule has 1 aromatic heterocycles. The van der Waals surface area contributed by atoms with Gasteiger partial charge in [-0.1, -0.05) is 6.07 Å². The summed E-state index contributed by atoms with van der Waals surface area (Å²) in [5.41, 5.74) is 0. The molecule has 116 valence electrons. The second-order valence-corrected chi connectivity index (χ2v) is 6.18. The number of likely N-dealkylation sites (tertiary alicyclic amines) is 1. The molecule has 0 aliphatic carbocycles. The molecule has 0 aromatic carbocycles. The molecular formula is C15H22N2O3S. The number of hydrogen-bond donors (Lipinski definition) is 0. The van der Waals surface area contributed by atoms with Gasteiger partial charge < -0.3 is 9.64 Å². The maximum absolute atomic E-state index is 12.2. The van der Waals surface area contributed by atoms with Crippen LogP contribution in [0.4, 0.5) is 0 Å². The normalized spacial score (nSPS) is 18.7. The summed E-state index contributed by atoms with van der Waals surface area (Å²) in [4.78, 5) is 28.6. The van der Waals surface area contributed by atoms with Crippen LogP contribution in [0.1, 0.15) is 30.7 Å². The van der Waals surface area contributed by atoms with Crippen LogP contribution in [-0.2, 0) is 14.3 Å². The van der Waals surface area contributed by atoms with Crippen LogP contribution in [0.3, 0.4) is 0 Å². The molecule has 5 nitrogen and oxygen atoms in total. The summed E-state index contributed by atoms with van der Waals surface area (Å²) in [5.74, 6) is -0.393. The Hall–Kier alpha value is -1.40. The van der Waals surface area contributed by atoms with Crippen LogP contribution in [0.2, 0.25) is 0 Å². The molecule has 6 heteroatoms. The van der Waals surface area contributed by atoms with E-state index in [0.29, 0.717) is 19.2 Å². The van der Waals surface area contributed by atoms with Gasteiger partial charge in [-0.25, -0.2) is 0 Å². The Morgan fingerprint density at radius 3 is 3.00 bits per heavy atom. The number of thiophene rings is 1. The smallest absolute Gasteiger partial charge is 0.325 e. The molecule has 2 rings (SSSR count). The van der Waals surface area contributed by atoms with Crippen molar-refractivity contribution in [2.45, 2.75) is 25.8 Å². The van der Waals surface area contributed by atoms with Crippen LogP contribution >= 0.6 is 11.3 Å². The van der Waals surface area contributed by atoms with Gasteiger partial charge in [0.1, 0.15) is 6.54 Å². The molecule has 0 spiro atoms. The molecule has 0 saturated carbocycles. The van der Waals surface area contributed by atoms with E-state index < -0.39 is 0 Å². The highest BCUT2D eigenvalue weighted by Crippen LogP contribution is 2.34. The quantitative estimate of drug-likeness (QED) is 0.753. The molecule has 1 aromatic rings. The Morgan fingerprint density at radius 1 is 1.52 bits per heavy atom. The number of esters is 1. The van der Waals surface area contributed by atoms with E-state index in [1.807, 2.05) is 6.07 Å². The zero-order valence-electron chi connectivity index (χ0n) is 12.6. The Bertz CT molecular complexity index is 475. The molecule has 0 N–H and O–H groups in total. The third kappa shape index (κ3) is 4.28. The molecule has 1 fully saturated rings. The second kappa shape index (κ2) is 7.56. The standard InChI is InChI=1S/C15H22N2O3S/c1-3-20-15(19)11-16(2)14(18)10-17-8-4-6-12(17)13-7-5-9-21-13/h5,7,9,12H,3-4,6,8,10-11H2,1-2H3. The number of amides is 1. The number of rotatable bonds is 6. The zero-order chi connectivity index (χ0) is 15.2. The third-order valence-corrected chi connectivity index (χ3v) is 4.64. The summed E-state index contributed by atoms with van der Waals surface area (Å²) in [7, 11) is 1.65. The van der Waals surface area contributed by atoms with Gasteiger partial charge in [0, 0.05) is 18.0 Å². The van der Waals surface area contributed by atoms with E-state index in [9.17, 15) is 9.59 Å². The average Bonchev–Trinajstić information content (AvgIpc) is 3.08. The summed E-state index contributed by atoms with van der Waals surface area (Å²) < 4.78 is 4.87. The van der Waals surface area contributed by atoms with E-state index in [1.54, 1.807) is 25.3 Å². The lowest BCUT2D eigenvalue weighted by atomic mass is 10.2. The molecule has 1 amide bonds. The van der Waals surface area contributed by atoms with Crippen molar-refractivity contribution in [3.63, 3.8) is 0 Å². The lowest BCUT2D eigenvalue weighted by Crippen LogP contribution is -2.40. The molecule has 1 atom stereocenters. The van der Waals surface area contributed by atoms with Crippen molar-refractivity contribution in [1.82, 2.24) is 9.80 Å². The van der Waals surface area contributed by atoms with Gasteiger partial charge in [0.25, 0.3) is 0 Å². The van der Waals surface area contributed by atoms with Crippen molar-refractivity contribution in [1.29, 1.82) is 0 Å². The zero-order valence-corrected chi connectivity index (χ0v) is 13.4. The summed E-state index contributed by atoms with van der Waals surface area (Å²) in [6.07, 6.45) is 2.20. The molecule has 1 unspecified atom stereocenters. The minimum absolute atomic E-state index is 0.0180. The maximum atomic E-state index is 12.2. The van der Waals surface area contributed by atoms with E-state index >= 15 is 0 Å². The predicted octanol–water partition coefficient (Wildman–Crippen LogP) is 1.91. The summed E-state index contributed by atoms with van der Waals surface area (Å²) >= 11 is 1.74. The lowest BCUT2D eigenvalue weighted by Gasteiger charge is -2.25. The Balaban J connectivity index is 1.88. The average molecular weight is 310 g/mol. The molecule has 0 bridgehead atoms. The van der Waals surface area contributed by atoms with Gasteiger partial charge in [0.2, 0.25) is 5.91 Å². The first kappa shape index (κ1) is 16.0. The highest BCUT2D eigenvalue weighted by atomic mass is 32.1. The van der Waals surface area contributed by atoms with E-state index in [2.05, 4.69) is 16.3 Å². The summed E-state index contributed by atoms with van der Waals surface area (Å²) in [5, 5.41) is 2.07. The molecule has 0 radical (unpaired) electrons. The molecule has 2 heterocycles. The molecule has 21 heavy (non-hydrogen) atoms. The van der Waals surface area contributed by atoms with E-state index in [0.717, 1.165) is 19.4 Å². The van der Waals surface area contributed by atoms with Gasteiger partial charge in [0.05, 0.1) is 13.2 Å². The fourth-order valence-electron chi connectivity index (χ4n) is 2.60. The van der Waals surface area contributed by atoms with Crippen molar-refractivity contribution in [3.8, 4) is 0 Å². The SMILES string of the molecule is CCOC(=O)CN(C)C(=O)CN1CCCC1c1cccs1. The summed E-state index contributed by atoms with van der Waals surface area (Å²) in [6, 6.07) is 4.51. The molecule has 1 aliphatic heterocycles. The van der Waals surface area contributed by atoms with Crippen LogP contribution in [0, 0.1) is 0 Å². The van der Waals surface area contributed by atoms with Crippen molar-refractivity contribution in [3.05, 3.63) is 22.4 Å². The number of carbonyl (C=O) groups excluding carboxylic acids is 2. The molecule has 1 saturated heterocycles. The monoisotopic (exact) mass is 310 g/mol. The van der Waals surface area contributed by atoms with Crippen LogP contribution in [0.5, 0.6) is 0 Å². The third-order valence-electron chi connectivity index (χ3n) is 3.67.